The van der Waals surface area contributed by atoms with Crippen LogP contribution in [0.4, 0.5) is 0 Å². The van der Waals surface area contributed by atoms with Crippen molar-refractivity contribution in [1.82, 2.24) is 0 Å². The first-order valence-corrected chi connectivity index (χ1v) is 7.75. The van der Waals surface area contributed by atoms with Crippen LogP contribution >= 0.6 is 0 Å². The van der Waals surface area contributed by atoms with Crippen LogP contribution in [0.3, 0.4) is 0 Å². The van der Waals surface area contributed by atoms with Crippen LogP contribution in [0.1, 0.15) is 39.5 Å². The summed E-state index contributed by atoms with van der Waals surface area (Å²) in [6.45, 7) is 3.60. The van der Waals surface area contributed by atoms with Crippen molar-refractivity contribution < 1.29 is 52.1 Å². The molecule has 0 bridgehead atoms. The van der Waals surface area contributed by atoms with Gasteiger partial charge in [-0.05, 0) is 12.8 Å². The molecular formula is C8H14O6U. The molecule has 0 saturated heterocycles. The number of carboxylic acids is 2. The van der Waals surface area contributed by atoms with Crippen LogP contribution in [-0.2, 0) is 14.1 Å². The summed E-state index contributed by atoms with van der Waals surface area (Å²) >= 11 is -2.51. The zero-order valence-corrected chi connectivity index (χ0v) is 12.9. The molecule has 0 atom stereocenters. The molecule has 0 aromatic rings. The molecule has 0 aromatic heterocycles. The quantitative estimate of drug-likeness (QED) is 0.540. The van der Waals surface area contributed by atoms with Crippen LogP contribution in [-0.4, -0.2) is 11.9 Å². The van der Waals surface area contributed by atoms with E-state index in [1.165, 1.54) is 0 Å². The second kappa shape index (κ2) is 19.2. The molecule has 0 aliphatic carbocycles. The summed E-state index contributed by atoms with van der Waals surface area (Å²) < 4.78 is 17.2. The number of rotatable bonds is 4. The Hall–Kier alpha value is -0.408. The normalized spacial score (nSPS) is 7.07. The Morgan fingerprint density at radius 2 is 1.13 bits per heavy atom. The van der Waals surface area contributed by atoms with E-state index in [0.717, 1.165) is 0 Å². The molecule has 0 N–H and O–H groups in total. The van der Waals surface area contributed by atoms with Crippen molar-refractivity contribution in [2.75, 3.05) is 0 Å². The minimum absolute atomic E-state index is 0.181. The maximum atomic E-state index is 9.49. The molecule has 0 aliphatic heterocycles. The second-order valence-electron chi connectivity index (χ2n) is 2.33. The predicted octanol–water partition coefficient (Wildman–Crippen LogP) is -1.16. The van der Waals surface area contributed by atoms with E-state index in [1.54, 1.807) is 13.8 Å². The van der Waals surface area contributed by atoms with Crippen molar-refractivity contribution in [3.63, 3.8) is 0 Å². The molecule has 0 heterocycles. The fraction of sp³-hybridized carbons (Fsp3) is 0.750. The van der Waals surface area contributed by atoms with Gasteiger partial charge in [0.2, 0.25) is 0 Å². The number of carbonyl (C=O) groups is 2. The van der Waals surface area contributed by atoms with Gasteiger partial charge in [-0.15, -0.1) is 0 Å². The Balaban J connectivity index is -0.000000153. The summed E-state index contributed by atoms with van der Waals surface area (Å²) in [5.41, 5.74) is 0. The number of carboxylic acid groups (broad SMARTS) is 2. The molecule has 6 nitrogen and oxygen atoms in total. The summed E-state index contributed by atoms with van der Waals surface area (Å²) in [5.74, 6) is -1.92. The second-order valence-corrected chi connectivity index (χ2v) is 3.02. The first-order valence-electron chi connectivity index (χ1n) is 4.35. The van der Waals surface area contributed by atoms with Crippen LogP contribution in [0, 0.1) is 27.8 Å². The Morgan fingerprint density at radius 3 is 1.13 bits per heavy atom. The Morgan fingerprint density at radius 1 is 0.933 bits per heavy atom. The van der Waals surface area contributed by atoms with Crippen molar-refractivity contribution in [1.29, 1.82) is 0 Å². The standard InChI is InChI=1S/2C4H8O2.2O.U/c2*1-2-3-4(5)6;;;/h2*2-3H2,1H3,(H,5,6);;;/q;;;;+2/p-2. The summed E-state index contributed by atoms with van der Waals surface area (Å²) in [6, 6.07) is 0. The van der Waals surface area contributed by atoms with Gasteiger partial charge in [0, 0.05) is 11.9 Å². The van der Waals surface area contributed by atoms with Gasteiger partial charge in [0.25, 0.3) is 0 Å². The molecule has 15 heavy (non-hydrogen) atoms. The third-order valence-electron chi connectivity index (χ3n) is 0.908. The van der Waals surface area contributed by atoms with Gasteiger partial charge in [-0.25, -0.2) is 0 Å². The van der Waals surface area contributed by atoms with Gasteiger partial charge in [-0.2, -0.15) is 0 Å². The van der Waals surface area contributed by atoms with Gasteiger partial charge < -0.3 is 19.8 Å². The van der Waals surface area contributed by atoms with Gasteiger partial charge in [0.1, 0.15) is 0 Å². The average molecular weight is 444 g/mol. The molecule has 0 rings (SSSR count). The molecule has 0 amide bonds. The fourth-order valence-electron chi connectivity index (χ4n) is 0.408. The Bertz CT molecular complexity index is 181. The van der Waals surface area contributed by atoms with E-state index in [2.05, 4.69) is 0 Å². The first-order chi connectivity index (χ1) is 6.95. The third kappa shape index (κ3) is 58.4. The van der Waals surface area contributed by atoms with E-state index >= 15 is 0 Å². The Labute approximate surface area is 103 Å². The summed E-state index contributed by atoms with van der Waals surface area (Å²) in [4.78, 5) is 19.0. The van der Waals surface area contributed by atoms with Gasteiger partial charge in [0.15, 0.2) is 0 Å². The molecule has 7 heteroatoms. The number of hydrogen-bond acceptors (Lipinski definition) is 6. The maximum absolute atomic E-state index is 9.49. The van der Waals surface area contributed by atoms with Crippen LogP contribution < -0.4 is 10.2 Å². The van der Waals surface area contributed by atoms with E-state index in [0.29, 0.717) is 12.8 Å². The van der Waals surface area contributed by atoms with Crippen molar-refractivity contribution >= 4 is 11.9 Å². The van der Waals surface area contributed by atoms with E-state index in [9.17, 15) is 19.8 Å². The third-order valence-corrected chi connectivity index (χ3v) is 0.908. The van der Waals surface area contributed by atoms with Crippen molar-refractivity contribution in [3.8, 4) is 0 Å². The first kappa shape index (κ1) is 20.1. The molecule has 0 aromatic carbocycles. The van der Waals surface area contributed by atoms with E-state index in [1.807, 2.05) is 0 Å². The number of hydrogen-bond donors (Lipinski definition) is 0. The van der Waals surface area contributed by atoms with Gasteiger partial charge in [-0.3, -0.25) is 0 Å². The van der Waals surface area contributed by atoms with Crippen molar-refractivity contribution in [2.24, 2.45) is 0 Å². The minimum atomic E-state index is -2.51. The summed E-state index contributed by atoms with van der Waals surface area (Å²) in [6.07, 6.45) is 1.70. The van der Waals surface area contributed by atoms with Crippen LogP contribution in [0.5, 0.6) is 0 Å². The average Bonchev–Trinajstić information content (AvgIpc) is 2.05. The number of carbonyl (C=O) groups excluding carboxylic acids is 2. The molecule has 0 aliphatic rings. The van der Waals surface area contributed by atoms with Crippen LogP contribution in [0.2, 0.25) is 0 Å². The predicted molar refractivity (Wildman–Crippen MR) is 41.2 cm³/mol. The van der Waals surface area contributed by atoms with E-state index < -0.39 is 39.8 Å². The topological polar surface area (TPSA) is 114 Å². The van der Waals surface area contributed by atoms with Crippen LogP contribution in [0.25, 0.3) is 0 Å². The zero-order chi connectivity index (χ0) is 12.7. The van der Waals surface area contributed by atoms with Crippen molar-refractivity contribution in [3.05, 3.63) is 0 Å². The van der Waals surface area contributed by atoms with E-state index in [-0.39, 0.29) is 12.8 Å². The van der Waals surface area contributed by atoms with Crippen molar-refractivity contribution in [2.45, 2.75) is 39.5 Å². The summed E-state index contributed by atoms with van der Waals surface area (Å²) in [7, 11) is 0. The monoisotopic (exact) mass is 444 g/mol. The van der Waals surface area contributed by atoms with E-state index in [4.69, 9.17) is 4.47 Å². The molecule has 0 spiro atoms. The summed E-state index contributed by atoms with van der Waals surface area (Å²) in [5, 5.41) is 19.0. The molecule has 0 saturated carbocycles. The van der Waals surface area contributed by atoms with Gasteiger partial charge in [0.05, 0.1) is 0 Å². The molecular weight excluding hydrogens is 430 g/mol. The Kier molecular flexibility index (Phi) is 25.7. The SMILES string of the molecule is CCCC(=O)[O-].CCCC(=O)[O-].[O]=[U+2]=[O]. The van der Waals surface area contributed by atoms with Gasteiger partial charge >= 0.3 is 32.3 Å². The molecule has 0 unspecified atom stereocenters. The van der Waals surface area contributed by atoms with Crippen LogP contribution in [0.15, 0.2) is 0 Å². The fourth-order valence-corrected chi connectivity index (χ4v) is 0.408. The molecule has 86 valence electrons. The zero-order valence-electron chi connectivity index (χ0n) is 8.78. The number of aliphatic carboxylic acids is 2. The molecule has 0 fully saturated rings. The molecule has 0 radical (unpaired) electrons. The van der Waals surface area contributed by atoms with Gasteiger partial charge in [-0.1, -0.05) is 26.7 Å².